The van der Waals surface area contributed by atoms with Gasteiger partial charge in [0.2, 0.25) is 0 Å². The number of fused-ring (bicyclic) bond motifs is 1. The maximum atomic E-state index is 12.0. The molecule has 0 fully saturated rings. The molecule has 0 saturated heterocycles. The van der Waals surface area contributed by atoms with Crippen LogP contribution in [-0.4, -0.2) is 10.9 Å². The van der Waals surface area contributed by atoms with Crippen LogP contribution >= 0.6 is 15.9 Å². The third-order valence-electron chi connectivity index (χ3n) is 3.69. The number of benzene rings is 2. The van der Waals surface area contributed by atoms with Crippen LogP contribution in [-0.2, 0) is 16.1 Å². The minimum Gasteiger partial charge on any atom is -0.458 e. The maximum Gasteiger partial charge on any atom is 0.336 e. The lowest BCUT2D eigenvalue weighted by atomic mass is 10.1. The molecule has 0 N–H and O–H groups in total. The highest BCUT2D eigenvalue weighted by atomic mass is 79.9. The molecule has 2 aromatic carbocycles. The number of hydrogen-bond acceptors (Lipinski definition) is 6. The summed E-state index contributed by atoms with van der Waals surface area (Å²) in [5, 5.41) is 11.6. The number of rotatable bonds is 5. The first kappa shape index (κ1) is 18.5. The van der Waals surface area contributed by atoms with Crippen molar-refractivity contribution in [2.45, 2.75) is 6.61 Å². The van der Waals surface area contributed by atoms with Crippen molar-refractivity contribution in [3.63, 3.8) is 0 Å². The highest BCUT2D eigenvalue weighted by Crippen LogP contribution is 2.22. The van der Waals surface area contributed by atoms with Crippen molar-refractivity contribution in [2.75, 3.05) is 0 Å². The average molecular weight is 430 g/mol. The van der Waals surface area contributed by atoms with E-state index in [9.17, 15) is 19.7 Å². The Bertz CT molecular complexity index is 1120. The van der Waals surface area contributed by atoms with Crippen LogP contribution in [0.4, 0.5) is 5.69 Å². The average Bonchev–Trinajstić information content (AvgIpc) is 2.64. The van der Waals surface area contributed by atoms with Crippen LogP contribution in [0, 0.1) is 10.1 Å². The molecule has 0 unspecified atom stereocenters. The standard InChI is InChI=1S/C19H12BrNO6/c20-14-6-7-15-13(9-19(23)27-17(15)10-14)11-26-18(22)8-5-12-3-1-2-4-16(12)21(24)25/h1-10H,11H2/b8-5+. The van der Waals surface area contributed by atoms with E-state index < -0.39 is 16.5 Å². The Hall–Kier alpha value is -3.26. The zero-order valence-corrected chi connectivity index (χ0v) is 15.3. The minimum atomic E-state index is -0.688. The smallest absolute Gasteiger partial charge is 0.336 e. The molecule has 3 rings (SSSR count). The Labute approximate surface area is 161 Å². The molecule has 136 valence electrons. The van der Waals surface area contributed by atoms with Gasteiger partial charge in [-0.2, -0.15) is 0 Å². The first-order chi connectivity index (χ1) is 12.9. The van der Waals surface area contributed by atoms with Crippen LogP contribution in [0.25, 0.3) is 17.0 Å². The van der Waals surface area contributed by atoms with Gasteiger partial charge in [0.15, 0.2) is 0 Å². The third kappa shape index (κ3) is 4.48. The second-order valence-corrected chi connectivity index (χ2v) is 6.40. The predicted octanol–water partition coefficient (Wildman–Crippen LogP) is 4.22. The number of carbonyl (C=O) groups excluding carboxylic acids is 1. The molecule has 3 aromatic rings. The van der Waals surface area contributed by atoms with E-state index >= 15 is 0 Å². The lowest BCUT2D eigenvalue weighted by molar-refractivity contribution is -0.385. The molecule has 0 radical (unpaired) electrons. The Morgan fingerprint density at radius 1 is 1.22 bits per heavy atom. The fourth-order valence-electron chi connectivity index (χ4n) is 2.47. The molecule has 1 aromatic heterocycles. The second-order valence-electron chi connectivity index (χ2n) is 5.49. The van der Waals surface area contributed by atoms with Gasteiger partial charge in [-0.05, 0) is 30.3 Å². The van der Waals surface area contributed by atoms with Crippen LogP contribution in [0.3, 0.4) is 0 Å². The molecule has 0 saturated carbocycles. The molecular weight excluding hydrogens is 418 g/mol. The molecule has 0 spiro atoms. The molecule has 0 aliphatic rings. The van der Waals surface area contributed by atoms with Gasteiger partial charge in [-0.25, -0.2) is 9.59 Å². The first-order valence-electron chi connectivity index (χ1n) is 7.74. The summed E-state index contributed by atoms with van der Waals surface area (Å²) in [5.41, 5.74) is 0.496. The highest BCUT2D eigenvalue weighted by Gasteiger charge is 2.11. The van der Waals surface area contributed by atoms with Crippen LogP contribution in [0.1, 0.15) is 11.1 Å². The van der Waals surface area contributed by atoms with Gasteiger partial charge in [-0.3, -0.25) is 10.1 Å². The van der Waals surface area contributed by atoms with E-state index in [-0.39, 0.29) is 17.9 Å². The van der Waals surface area contributed by atoms with Crippen molar-refractivity contribution in [2.24, 2.45) is 0 Å². The van der Waals surface area contributed by atoms with Gasteiger partial charge in [-0.1, -0.05) is 28.1 Å². The number of hydrogen-bond donors (Lipinski definition) is 0. The zero-order chi connectivity index (χ0) is 19.4. The Morgan fingerprint density at radius 3 is 2.78 bits per heavy atom. The normalized spacial score (nSPS) is 11.0. The molecule has 7 nitrogen and oxygen atoms in total. The summed E-state index contributed by atoms with van der Waals surface area (Å²) in [6.07, 6.45) is 2.42. The number of halogens is 1. The number of para-hydroxylation sites is 1. The number of esters is 1. The van der Waals surface area contributed by atoms with E-state index in [1.165, 1.54) is 30.3 Å². The minimum absolute atomic E-state index is 0.112. The number of nitrogens with zero attached hydrogens (tertiary/aromatic N) is 1. The largest absolute Gasteiger partial charge is 0.458 e. The molecular formula is C19H12BrNO6. The summed E-state index contributed by atoms with van der Waals surface area (Å²) in [7, 11) is 0. The van der Waals surface area contributed by atoms with E-state index in [0.29, 0.717) is 16.5 Å². The number of nitro benzene ring substituents is 1. The van der Waals surface area contributed by atoms with Crippen molar-refractivity contribution >= 4 is 44.6 Å². The Balaban J connectivity index is 1.76. The predicted molar refractivity (Wildman–Crippen MR) is 102 cm³/mol. The third-order valence-corrected chi connectivity index (χ3v) is 4.19. The van der Waals surface area contributed by atoms with Crippen LogP contribution < -0.4 is 5.63 Å². The van der Waals surface area contributed by atoms with E-state index in [2.05, 4.69) is 15.9 Å². The lowest BCUT2D eigenvalue weighted by Crippen LogP contribution is -2.05. The molecule has 1 heterocycles. The summed E-state index contributed by atoms with van der Waals surface area (Å²) >= 11 is 3.30. The molecule has 0 atom stereocenters. The summed E-state index contributed by atoms with van der Waals surface area (Å²) in [5.74, 6) is -0.688. The van der Waals surface area contributed by atoms with Crippen LogP contribution in [0.5, 0.6) is 0 Å². The fraction of sp³-hybridized carbons (Fsp3) is 0.0526. The highest BCUT2D eigenvalue weighted by molar-refractivity contribution is 9.10. The first-order valence-corrected chi connectivity index (χ1v) is 8.54. The van der Waals surface area contributed by atoms with Gasteiger partial charge in [-0.15, -0.1) is 0 Å². The monoisotopic (exact) mass is 429 g/mol. The van der Waals surface area contributed by atoms with Crippen molar-refractivity contribution in [3.8, 4) is 0 Å². The lowest BCUT2D eigenvalue weighted by Gasteiger charge is -2.06. The van der Waals surface area contributed by atoms with Crippen molar-refractivity contribution in [1.82, 2.24) is 0 Å². The topological polar surface area (TPSA) is 99.6 Å². The molecule has 27 heavy (non-hydrogen) atoms. The summed E-state index contributed by atoms with van der Waals surface area (Å²) in [6, 6.07) is 12.5. The molecule has 0 aliphatic heterocycles. The number of ether oxygens (including phenoxy) is 1. The van der Waals surface area contributed by atoms with Gasteiger partial charge >= 0.3 is 11.6 Å². The van der Waals surface area contributed by atoms with Gasteiger partial charge in [0.1, 0.15) is 12.2 Å². The van der Waals surface area contributed by atoms with Crippen molar-refractivity contribution in [1.29, 1.82) is 0 Å². The molecule has 8 heteroatoms. The van der Waals surface area contributed by atoms with Crippen molar-refractivity contribution in [3.05, 3.63) is 90.7 Å². The maximum absolute atomic E-state index is 12.0. The molecule has 0 amide bonds. The summed E-state index contributed by atoms with van der Waals surface area (Å²) in [4.78, 5) is 34.1. The number of nitro groups is 1. The Kier molecular flexibility index (Phi) is 5.46. The zero-order valence-electron chi connectivity index (χ0n) is 13.8. The van der Waals surface area contributed by atoms with Crippen LogP contribution in [0.2, 0.25) is 0 Å². The van der Waals surface area contributed by atoms with Gasteiger partial charge < -0.3 is 9.15 Å². The van der Waals surface area contributed by atoms with E-state index in [0.717, 1.165) is 10.5 Å². The van der Waals surface area contributed by atoms with Crippen LogP contribution in [0.15, 0.2) is 68.3 Å². The molecule has 0 bridgehead atoms. The summed E-state index contributed by atoms with van der Waals surface area (Å²) in [6.45, 7) is -0.135. The number of carbonyl (C=O) groups is 1. The second kappa shape index (κ2) is 7.96. The molecule has 0 aliphatic carbocycles. The van der Waals surface area contributed by atoms with Gasteiger partial charge in [0, 0.05) is 33.6 Å². The summed E-state index contributed by atoms with van der Waals surface area (Å²) < 4.78 is 11.0. The van der Waals surface area contributed by atoms with E-state index in [1.807, 2.05) is 0 Å². The van der Waals surface area contributed by atoms with E-state index in [4.69, 9.17) is 9.15 Å². The van der Waals surface area contributed by atoms with Gasteiger partial charge in [0.25, 0.3) is 5.69 Å². The quantitative estimate of drug-likeness (QED) is 0.198. The Morgan fingerprint density at radius 2 is 2.00 bits per heavy atom. The van der Waals surface area contributed by atoms with E-state index in [1.54, 1.807) is 24.3 Å². The fourth-order valence-corrected chi connectivity index (χ4v) is 2.81. The van der Waals surface area contributed by atoms with Gasteiger partial charge in [0.05, 0.1) is 10.5 Å². The van der Waals surface area contributed by atoms with Crippen molar-refractivity contribution < 1.29 is 18.9 Å². The SMILES string of the molecule is O=C(/C=C/c1ccccc1[N+](=O)[O-])OCc1cc(=O)oc2cc(Br)ccc12.